The number of hydrogen-bond acceptors (Lipinski definition) is 15. The Morgan fingerprint density at radius 1 is 0.909 bits per heavy atom. The number of thiazole rings is 2. The Morgan fingerprint density at radius 2 is 1.62 bits per heavy atom. The molecule has 0 bridgehead atoms. The molecular weight excluding hydrogens is 1070 g/mol. The van der Waals surface area contributed by atoms with E-state index < -0.39 is 40.7 Å². The van der Waals surface area contributed by atoms with Gasteiger partial charge in [0, 0.05) is 62.8 Å². The van der Waals surface area contributed by atoms with E-state index in [9.17, 15) is 28.7 Å². The summed E-state index contributed by atoms with van der Waals surface area (Å²) in [4.78, 5) is 70.5. The molecule has 0 unspecified atom stereocenters. The Kier molecular flexibility index (Phi) is 23.4. The third kappa shape index (κ3) is 17.8. The first-order chi connectivity index (χ1) is 36.6. The van der Waals surface area contributed by atoms with E-state index in [1.807, 2.05) is 81.1 Å². The summed E-state index contributed by atoms with van der Waals surface area (Å²) in [6, 6.07) is 16.5. The molecule has 3 aromatic heterocycles. The Hall–Kier alpha value is -5.32. The summed E-state index contributed by atoms with van der Waals surface area (Å²) in [5.74, 6) is -1.01. The molecule has 3 atom stereocenters. The number of carbonyl (C=O) groups excluding carboxylic acids is 4. The van der Waals surface area contributed by atoms with Crippen LogP contribution in [0.1, 0.15) is 89.1 Å². The number of unbranched alkanes of at least 4 members (excludes halogenated alkanes) is 1. The number of nitrogens with one attached hydrogen (secondary N) is 4. The second kappa shape index (κ2) is 29.6. The topological polar surface area (TPSA) is 215 Å². The predicted molar refractivity (Wildman–Crippen MR) is 298 cm³/mol. The average molecular weight is 1140 g/mol. The first-order valence-electron chi connectivity index (χ1n) is 25.9. The van der Waals surface area contributed by atoms with E-state index in [1.165, 1.54) is 22.3 Å². The zero-order valence-electron chi connectivity index (χ0n) is 44.0. The molecule has 22 heteroatoms. The average Bonchev–Trinajstić information content (AvgIpc) is 4.18. The SMILES string of the molecule is Cc1ncsc1-c1ccc(CNC(=O)[C@@H]2C[C@@H](O)CN2C(=O)[C@@H](NC(=O)CCCCOCCOCCOCCNC(=O)C2(Cc3cccc(Nc4nccs4)n3)CCC(Oc3cccc(Cl)c3F)CC2)C(C)(C)C)cc1.Cl. The summed E-state index contributed by atoms with van der Waals surface area (Å²) in [5, 5.41) is 25.3. The van der Waals surface area contributed by atoms with Crippen LogP contribution in [-0.2, 0) is 46.4 Å². The van der Waals surface area contributed by atoms with E-state index in [0.717, 1.165) is 32.5 Å². The zero-order valence-corrected chi connectivity index (χ0v) is 47.2. The van der Waals surface area contributed by atoms with E-state index in [-0.39, 0.29) is 79.5 Å². The van der Waals surface area contributed by atoms with Crippen LogP contribution in [0, 0.1) is 23.6 Å². The fraction of sp³-hybridized carbons (Fsp3) is 0.509. The molecule has 7 rings (SSSR count). The smallest absolute Gasteiger partial charge is 0.246 e. The van der Waals surface area contributed by atoms with E-state index in [1.54, 1.807) is 29.7 Å². The summed E-state index contributed by atoms with van der Waals surface area (Å²) < 4.78 is 37.9. The number of aryl methyl sites for hydroxylation is 1. The van der Waals surface area contributed by atoms with Crippen LogP contribution in [0.3, 0.4) is 0 Å². The van der Waals surface area contributed by atoms with Crippen molar-refractivity contribution in [1.82, 2.24) is 35.8 Å². The maximum absolute atomic E-state index is 14.7. The van der Waals surface area contributed by atoms with Crippen LogP contribution in [-0.4, -0.2) is 126 Å². The summed E-state index contributed by atoms with van der Waals surface area (Å²) in [7, 11) is 0. The van der Waals surface area contributed by atoms with E-state index in [4.69, 9.17) is 35.5 Å². The quantitative estimate of drug-likeness (QED) is 0.0312. The molecule has 77 heavy (non-hydrogen) atoms. The normalized spacial score (nSPS) is 18.7. The van der Waals surface area contributed by atoms with Crippen LogP contribution < -0.4 is 26.0 Å². The second-order valence-electron chi connectivity index (χ2n) is 20.3. The van der Waals surface area contributed by atoms with Gasteiger partial charge in [-0.05, 0) is 86.3 Å². The van der Waals surface area contributed by atoms with Crippen molar-refractivity contribution < 1.29 is 47.6 Å². The number of benzene rings is 2. The number of aliphatic hydroxyl groups excluding tert-OH is 1. The minimum atomic E-state index is -0.908. The number of aromatic nitrogens is 3. The molecule has 2 aliphatic rings. The van der Waals surface area contributed by atoms with Crippen LogP contribution in [0.4, 0.5) is 15.3 Å². The number of hydrogen-bond donors (Lipinski definition) is 5. The van der Waals surface area contributed by atoms with Crippen LogP contribution in [0.15, 0.2) is 77.8 Å². The maximum Gasteiger partial charge on any atom is 0.246 e. The molecule has 17 nitrogen and oxygen atoms in total. The molecule has 5 aromatic rings. The predicted octanol–water partition coefficient (Wildman–Crippen LogP) is 8.62. The van der Waals surface area contributed by atoms with Crippen molar-refractivity contribution in [3.8, 4) is 16.2 Å². The molecule has 2 aromatic carbocycles. The van der Waals surface area contributed by atoms with Gasteiger partial charge < -0.3 is 50.2 Å². The molecule has 1 saturated carbocycles. The van der Waals surface area contributed by atoms with E-state index >= 15 is 0 Å². The summed E-state index contributed by atoms with van der Waals surface area (Å²) in [5.41, 5.74) is 4.04. The van der Waals surface area contributed by atoms with Crippen molar-refractivity contribution in [2.24, 2.45) is 10.8 Å². The van der Waals surface area contributed by atoms with Gasteiger partial charge in [-0.3, -0.25) is 19.2 Å². The number of pyridine rings is 1. The lowest BCUT2D eigenvalue weighted by molar-refractivity contribution is -0.144. The van der Waals surface area contributed by atoms with Crippen molar-refractivity contribution >= 4 is 81.3 Å². The minimum Gasteiger partial charge on any atom is -0.487 e. The Balaban J connectivity index is 0.00000961. The van der Waals surface area contributed by atoms with Crippen LogP contribution in [0.2, 0.25) is 5.02 Å². The molecule has 4 heterocycles. The molecule has 2 fully saturated rings. The van der Waals surface area contributed by atoms with Crippen molar-refractivity contribution in [2.45, 2.75) is 116 Å². The van der Waals surface area contributed by atoms with E-state index in [0.29, 0.717) is 90.3 Å². The van der Waals surface area contributed by atoms with Crippen LogP contribution >= 0.6 is 46.7 Å². The first-order valence-corrected chi connectivity index (χ1v) is 28.0. The number of amides is 4. The van der Waals surface area contributed by atoms with Crippen molar-refractivity contribution in [3.63, 3.8) is 0 Å². The molecular formula is C55H71Cl2FN8O9S2. The van der Waals surface area contributed by atoms with Gasteiger partial charge in [0.25, 0.3) is 0 Å². The number of halogens is 3. The van der Waals surface area contributed by atoms with Crippen LogP contribution in [0.25, 0.3) is 10.4 Å². The summed E-state index contributed by atoms with van der Waals surface area (Å²) in [6.45, 7) is 10.2. The molecule has 0 spiro atoms. The molecule has 5 N–H and O–H groups in total. The highest BCUT2D eigenvalue weighted by Gasteiger charge is 2.45. The van der Waals surface area contributed by atoms with Gasteiger partial charge in [0.15, 0.2) is 16.7 Å². The van der Waals surface area contributed by atoms with Gasteiger partial charge in [-0.2, -0.15) is 0 Å². The summed E-state index contributed by atoms with van der Waals surface area (Å²) >= 11 is 9.03. The zero-order chi connectivity index (χ0) is 54.1. The van der Waals surface area contributed by atoms with Gasteiger partial charge in [-0.25, -0.2) is 19.3 Å². The van der Waals surface area contributed by atoms with Gasteiger partial charge in [0.1, 0.15) is 17.9 Å². The molecule has 4 amide bonds. The fourth-order valence-corrected chi connectivity index (χ4v) is 10.9. The molecule has 1 aliphatic heterocycles. The molecule has 1 aliphatic carbocycles. The maximum atomic E-state index is 14.7. The minimum absolute atomic E-state index is 0. The second-order valence-corrected chi connectivity index (χ2v) is 22.5. The van der Waals surface area contributed by atoms with Gasteiger partial charge in [0.05, 0.1) is 71.8 Å². The Morgan fingerprint density at radius 3 is 2.31 bits per heavy atom. The number of aliphatic hydroxyl groups is 1. The number of ether oxygens (including phenoxy) is 4. The number of rotatable bonds is 27. The molecule has 0 radical (unpaired) electrons. The van der Waals surface area contributed by atoms with Crippen molar-refractivity contribution in [3.05, 3.63) is 106 Å². The highest BCUT2D eigenvalue weighted by atomic mass is 35.5. The standard InChI is InChI=1S/C55H70ClFN8O9S2.ClH/c1-36-48(76-35-61-36)38-16-14-37(15-17-38)33-60-50(68)43-31-40(66)34-65(43)51(69)49(54(2,3)4)64-46(67)13-5-6-24-71-26-28-73-29-27-72-25-22-58-52(70)55(32-39-9-7-12-45(62-39)63-53-59-23-30-75-53)20-18-41(19-21-55)74-44-11-8-10-42(56)47(44)57;/h7-12,14-17,23,30,35,40-41,43,49,66H,5-6,13,18-22,24-29,31-34H2,1-4H3,(H,58,70)(H,60,68)(H,64,67)(H,59,62,63);1H/t40-,41?,43+,49-,55?;/m1./s1. The number of likely N-dealkylation sites (tertiary alicyclic amines) is 1. The third-order valence-corrected chi connectivity index (χ3v) is 15.5. The van der Waals surface area contributed by atoms with Crippen molar-refractivity contribution in [2.75, 3.05) is 58.0 Å². The van der Waals surface area contributed by atoms with Crippen LogP contribution in [0.5, 0.6) is 5.75 Å². The highest BCUT2D eigenvalue weighted by Crippen LogP contribution is 2.41. The van der Waals surface area contributed by atoms with Gasteiger partial charge >= 0.3 is 0 Å². The largest absolute Gasteiger partial charge is 0.487 e. The molecule has 1 saturated heterocycles. The number of β-amino-alcohol motifs (C(OH)–C–C–N with tert-alkyl or cyclic N) is 1. The van der Waals surface area contributed by atoms with E-state index in [2.05, 4.69) is 31.2 Å². The lowest BCUT2D eigenvalue weighted by Crippen LogP contribution is -2.57. The lowest BCUT2D eigenvalue weighted by atomic mass is 9.69. The fourth-order valence-electron chi connectivity index (χ4n) is 9.36. The third-order valence-electron chi connectivity index (χ3n) is 13.5. The first kappa shape index (κ1) is 60.9. The van der Waals surface area contributed by atoms with Gasteiger partial charge in [-0.1, -0.05) is 68.8 Å². The monoisotopic (exact) mass is 1140 g/mol. The number of anilines is 2. The van der Waals surface area contributed by atoms with Crippen molar-refractivity contribution in [1.29, 1.82) is 0 Å². The Bertz CT molecular complexity index is 2670. The highest BCUT2D eigenvalue weighted by molar-refractivity contribution is 7.13. The molecule has 418 valence electrons. The Labute approximate surface area is 469 Å². The van der Waals surface area contributed by atoms with Gasteiger partial charge in [-0.15, -0.1) is 35.1 Å². The van der Waals surface area contributed by atoms with Gasteiger partial charge in [0.2, 0.25) is 23.6 Å². The summed E-state index contributed by atoms with van der Waals surface area (Å²) in [6.07, 6.45) is 4.52. The lowest BCUT2D eigenvalue weighted by Gasteiger charge is -2.39. The number of carbonyl (C=O) groups is 4. The number of nitrogens with zero attached hydrogens (tertiary/aromatic N) is 4.